The highest BCUT2D eigenvalue weighted by Gasteiger charge is 2.43. The van der Waals surface area contributed by atoms with Crippen LogP contribution in [0.2, 0.25) is 0 Å². The second kappa shape index (κ2) is 4.89. The standard InChI is InChI=1S/C12H16O5/c1-2-16-11(14)9-6-17-12(15)10-7(5-13)3-4-8(9)10/h3,6,8,10,12-13,15H,2,4-5H2,1H3/t8-,10-,12-/m1/s1/i5D/t5?,8-,10-,12-. The van der Waals surface area contributed by atoms with E-state index in [1.165, 1.54) is 6.26 Å². The zero-order chi connectivity index (χ0) is 13.3. The summed E-state index contributed by atoms with van der Waals surface area (Å²) in [6.07, 6.45) is 2.25. The maximum absolute atomic E-state index is 11.7. The molecule has 1 aliphatic heterocycles. The summed E-state index contributed by atoms with van der Waals surface area (Å²) in [5.41, 5.74) is 0.737. The molecule has 1 aliphatic carbocycles. The Labute approximate surface area is 101 Å². The molecule has 0 bridgehead atoms. The van der Waals surface area contributed by atoms with Crippen LogP contribution in [0, 0.1) is 11.8 Å². The molecule has 0 spiro atoms. The molecule has 0 aromatic rings. The molecule has 0 amide bonds. The van der Waals surface area contributed by atoms with Crippen molar-refractivity contribution in [3.63, 3.8) is 0 Å². The van der Waals surface area contributed by atoms with Crippen molar-refractivity contribution in [3.05, 3.63) is 23.5 Å². The van der Waals surface area contributed by atoms with Crippen LogP contribution in [-0.2, 0) is 14.3 Å². The fraction of sp³-hybridized carbons (Fsp3) is 0.583. The van der Waals surface area contributed by atoms with Gasteiger partial charge in [-0.05, 0) is 18.9 Å². The van der Waals surface area contributed by atoms with Gasteiger partial charge in [-0.15, -0.1) is 0 Å². The topological polar surface area (TPSA) is 76.0 Å². The number of ether oxygens (including phenoxy) is 2. The number of rotatable bonds is 3. The molecule has 94 valence electrons. The van der Waals surface area contributed by atoms with Crippen LogP contribution >= 0.6 is 0 Å². The molecule has 0 radical (unpaired) electrons. The minimum absolute atomic E-state index is 0.261. The third kappa shape index (κ3) is 2.08. The molecular formula is C12H16O5. The fourth-order valence-electron chi connectivity index (χ4n) is 2.33. The molecule has 2 rings (SSSR count). The van der Waals surface area contributed by atoms with Crippen molar-refractivity contribution in [2.24, 2.45) is 11.8 Å². The summed E-state index contributed by atoms with van der Waals surface area (Å²) < 4.78 is 17.3. The lowest BCUT2D eigenvalue weighted by Crippen LogP contribution is -2.35. The highest BCUT2D eigenvalue weighted by Crippen LogP contribution is 2.42. The molecule has 2 aliphatic rings. The summed E-state index contributed by atoms with van der Waals surface area (Å²) in [6, 6.07) is 0. The van der Waals surface area contributed by atoms with Crippen molar-refractivity contribution >= 4 is 5.97 Å². The Kier molecular flexibility index (Phi) is 3.11. The number of carbonyl (C=O) groups excluding carboxylic acids is 1. The Morgan fingerprint density at radius 3 is 3.18 bits per heavy atom. The van der Waals surface area contributed by atoms with Gasteiger partial charge in [0.05, 0.1) is 32.3 Å². The summed E-state index contributed by atoms with van der Waals surface area (Å²) in [5.74, 6) is -1.32. The highest BCUT2D eigenvalue weighted by molar-refractivity contribution is 5.89. The van der Waals surface area contributed by atoms with E-state index in [9.17, 15) is 15.0 Å². The number of aliphatic hydroxyl groups excluding tert-OH is 2. The van der Waals surface area contributed by atoms with Gasteiger partial charge in [-0.3, -0.25) is 0 Å². The molecule has 0 saturated heterocycles. The Morgan fingerprint density at radius 1 is 1.76 bits per heavy atom. The van der Waals surface area contributed by atoms with Crippen LogP contribution in [0.4, 0.5) is 0 Å². The third-order valence-corrected chi connectivity index (χ3v) is 3.13. The first-order valence-electron chi connectivity index (χ1n) is 6.15. The molecule has 0 fully saturated rings. The molecule has 1 unspecified atom stereocenters. The monoisotopic (exact) mass is 241 g/mol. The summed E-state index contributed by atoms with van der Waals surface area (Å²) >= 11 is 0. The van der Waals surface area contributed by atoms with Gasteiger partial charge in [0, 0.05) is 5.92 Å². The van der Waals surface area contributed by atoms with E-state index in [2.05, 4.69) is 0 Å². The second-order valence-corrected chi connectivity index (χ2v) is 4.02. The van der Waals surface area contributed by atoms with E-state index in [-0.39, 0.29) is 12.5 Å². The minimum Gasteiger partial charge on any atom is -0.472 e. The van der Waals surface area contributed by atoms with Gasteiger partial charge in [0.25, 0.3) is 0 Å². The number of carbonyl (C=O) groups is 1. The van der Waals surface area contributed by atoms with Crippen LogP contribution < -0.4 is 0 Å². The molecule has 5 nitrogen and oxygen atoms in total. The Balaban J connectivity index is 2.22. The average Bonchev–Trinajstić information content (AvgIpc) is 2.75. The Bertz CT molecular complexity index is 401. The number of esters is 1. The lowest BCUT2D eigenvalue weighted by atomic mass is 9.83. The molecule has 5 heteroatoms. The number of allylic oxidation sites excluding steroid dienone is 1. The second-order valence-electron chi connectivity index (χ2n) is 4.02. The first kappa shape index (κ1) is 10.8. The largest absolute Gasteiger partial charge is 0.472 e. The van der Waals surface area contributed by atoms with Crippen molar-refractivity contribution in [2.75, 3.05) is 13.2 Å². The van der Waals surface area contributed by atoms with Crippen molar-refractivity contribution < 1.29 is 25.9 Å². The van der Waals surface area contributed by atoms with Gasteiger partial charge in [-0.1, -0.05) is 6.08 Å². The van der Waals surface area contributed by atoms with Gasteiger partial charge in [0.1, 0.15) is 0 Å². The zero-order valence-corrected chi connectivity index (χ0v) is 9.50. The van der Waals surface area contributed by atoms with Crippen molar-refractivity contribution in [1.82, 2.24) is 0 Å². The van der Waals surface area contributed by atoms with Gasteiger partial charge in [-0.25, -0.2) is 4.79 Å². The molecular weight excluding hydrogens is 224 g/mol. The van der Waals surface area contributed by atoms with E-state index in [0.717, 1.165) is 0 Å². The molecule has 0 saturated carbocycles. The van der Waals surface area contributed by atoms with Crippen LogP contribution in [0.1, 0.15) is 14.7 Å². The van der Waals surface area contributed by atoms with Crippen LogP contribution in [0.15, 0.2) is 23.5 Å². The average molecular weight is 241 g/mol. The van der Waals surface area contributed by atoms with Crippen LogP contribution in [0.25, 0.3) is 0 Å². The normalized spacial score (nSPS) is 33.8. The van der Waals surface area contributed by atoms with Crippen molar-refractivity contribution in [2.45, 2.75) is 19.6 Å². The van der Waals surface area contributed by atoms with Crippen molar-refractivity contribution in [3.8, 4) is 0 Å². The summed E-state index contributed by atoms with van der Waals surface area (Å²) in [7, 11) is 0. The lowest BCUT2D eigenvalue weighted by Gasteiger charge is -2.31. The number of hydrogen-bond acceptors (Lipinski definition) is 5. The Morgan fingerprint density at radius 2 is 2.53 bits per heavy atom. The number of fused-ring (bicyclic) bond motifs is 1. The Hall–Kier alpha value is -1.33. The van der Waals surface area contributed by atoms with Gasteiger partial charge in [0.15, 0.2) is 0 Å². The van der Waals surface area contributed by atoms with E-state index in [0.29, 0.717) is 17.6 Å². The quantitative estimate of drug-likeness (QED) is 0.550. The molecule has 2 N–H and O–H groups in total. The smallest absolute Gasteiger partial charge is 0.337 e. The summed E-state index contributed by atoms with van der Waals surface area (Å²) in [5, 5.41) is 19.1. The first-order chi connectivity index (χ1) is 8.56. The van der Waals surface area contributed by atoms with Crippen molar-refractivity contribution in [1.29, 1.82) is 0 Å². The van der Waals surface area contributed by atoms with E-state index >= 15 is 0 Å². The summed E-state index contributed by atoms with van der Waals surface area (Å²) in [4.78, 5) is 11.7. The maximum atomic E-state index is 11.7. The molecule has 17 heavy (non-hydrogen) atoms. The van der Waals surface area contributed by atoms with E-state index in [4.69, 9.17) is 10.8 Å². The molecule has 0 aromatic carbocycles. The third-order valence-electron chi connectivity index (χ3n) is 3.13. The van der Waals surface area contributed by atoms with Gasteiger partial charge in [-0.2, -0.15) is 0 Å². The predicted molar refractivity (Wildman–Crippen MR) is 58.6 cm³/mol. The maximum Gasteiger partial charge on any atom is 0.337 e. The van der Waals surface area contributed by atoms with Crippen LogP contribution in [0.5, 0.6) is 0 Å². The minimum atomic E-state index is -1.40. The SMILES string of the molecule is [2H]C(O)C1=CC[C@@H]2C(C(=O)OCC)=CO[C@@H](O)[C@H]12. The molecule has 1 heterocycles. The van der Waals surface area contributed by atoms with E-state index < -0.39 is 24.8 Å². The zero-order valence-electron chi connectivity index (χ0n) is 10.5. The molecule has 0 aromatic heterocycles. The van der Waals surface area contributed by atoms with Crippen LogP contribution in [-0.4, -0.2) is 35.7 Å². The van der Waals surface area contributed by atoms with Crippen LogP contribution in [0.3, 0.4) is 0 Å². The van der Waals surface area contributed by atoms with Gasteiger partial charge in [0.2, 0.25) is 6.29 Å². The number of hydrogen-bond donors (Lipinski definition) is 2. The van der Waals surface area contributed by atoms with E-state index in [1.807, 2.05) is 0 Å². The van der Waals surface area contributed by atoms with E-state index in [1.54, 1.807) is 13.0 Å². The predicted octanol–water partition coefficient (Wildman–Crippen LogP) is 0.337. The number of aliphatic hydroxyl groups is 2. The highest BCUT2D eigenvalue weighted by atomic mass is 16.6. The lowest BCUT2D eigenvalue weighted by molar-refractivity contribution is -0.143. The fourth-order valence-corrected chi connectivity index (χ4v) is 2.33. The summed E-state index contributed by atoms with van der Waals surface area (Å²) in [6.45, 7) is 0.567. The van der Waals surface area contributed by atoms with Gasteiger partial charge < -0.3 is 19.7 Å². The molecule has 4 atom stereocenters. The first-order valence-corrected chi connectivity index (χ1v) is 5.57. The van der Waals surface area contributed by atoms with Gasteiger partial charge >= 0.3 is 5.97 Å².